The lowest BCUT2D eigenvalue weighted by Gasteiger charge is -2.26. The predicted octanol–water partition coefficient (Wildman–Crippen LogP) is 3.17. The molecule has 1 aliphatic rings. The summed E-state index contributed by atoms with van der Waals surface area (Å²) in [6.07, 6.45) is 1.50. The van der Waals surface area contributed by atoms with Gasteiger partial charge in [0.2, 0.25) is 10.0 Å². The van der Waals surface area contributed by atoms with E-state index in [-0.39, 0.29) is 10.8 Å². The lowest BCUT2D eigenvalue weighted by atomic mass is 10.1. The summed E-state index contributed by atoms with van der Waals surface area (Å²) in [7, 11) is -1.93. The van der Waals surface area contributed by atoms with Crippen LogP contribution in [0.5, 0.6) is 0 Å². The van der Waals surface area contributed by atoms with Gasteiger partial charge in [-0.2, -0.15) is 16.1 Å². The summed E-state index contributed by atoms with van der Waals surface area (Å²) in [5.41, 5.74) is 3.26. The van der Waals surface area contributed by atoms with Crippen LogP contribution in [0.2, 0.25) is 0 Å². The minimum Gasteiger partial charge on any atom is -0.345 e. The number of rotatable bonds is 8. The van der Waals surface area contributed by atoms with E-state index in [1.165, 1.54) is 33.6 Å². The van der Waals surface area contributed by atoms with Crippen LogP contribution in [0, 0.1) is 6.92 Å². The normalized spacial score (nSPS) is 15.4. The van der Waals surface area contributed by atoms with Crippen LogP contribution in [0.25, 0.3) is 0 Å². The molecule has 0 unspecified atom stereocenters. The van der Waals surface area contributed by atoms with Crippen molar-refractivity contribution in [2.75, 3.05) is 43.0 Å². The van der Waals surface area contributed by atoms with Crippen molar-refractivity contribution in [3.63, 3.8) is 0 Å². The Labute approximate surface area is 189 Å². The van der Waals surface area contributed by atoms with E-state index in [1.54, 1.807) is 25.5 Å². The zero-order chi connectivity index (χ0) is 22.6. The first-order valence-corrected chi connectivity index (χ1v) is 13.2. The van der Waals surface area contributed by atoms with Crippen LogP contribution in [0.15, 0.2) is 35.4 Å². The summed E-state index contributed by atoms with van der Waals surface area (Å²) in [6.45, 7) is 9.48. The van der Waals surface area contributed by atoms with Gasteiger partial charge in [0.15, 0.2) is 0 Å². The molecule has 31 heavy (non-hydrogen) atoms. The molecule has 1 fully saturated rings. The minimum absolute atomic E-state index is 0.135. The summed E-state index contributed by atoms with van der Waals surface area (Å²) in [4.78, 5) is 15.5. The molecule has 2 heterocycles. The van der Waals surface area contributed by atoms with Gasteiger partial charge in [0, 0.05) is 63.2 Å². The number of amides is 1. The highest BCUT2D eigenvalue weighted by Gasteiger charge is 2.25. The Morgan fingerprint density at radius 2 is 1.84 bits per heavy atom. The third-order valence-electron chi connectivity index (χ3n) is 5.60. The first-order chi connectivity index (χ1) is 14.8. The van der Waals surface area contributed by atoms with E-state index in [4.69, 9.17) is 0 Å². The minimum atomic E-state index is -3.61. The molecule has 0 aliphatic carbocycles. The molecule has 7 nitrogen and oxygen atoms in total. The van der Waals surface area contributed by atoms with Crippen molar-refractivity contribution in [1.82, 2.24) is 13.8 Å². The van der Waals surface area contributed by atoms with E-state index in [9.17, 15) is 13.2 Å². The van der Waals surface area contributed by atoms with E-state index in [0.29, 0.717) is 18.8 Å². The Kier molecular flexibility index (Phi) is 7.85. The highest BCUT2D eigenvalue weighted by atomic mass is 32.2. The molecule has 170 valence electrons. The number of carbonyl (C=O) groups excluding carboxylic acids is 1. The Hall–Kier alpha value is -1.81. The number of aromatic nitrogens is 1. The second-order valence-electron chi connectivity index (χ2n) is 7.75. The quantitative estimate of drug-likeness (QED) is 0.650. The number of carbonyl (C=O) groups is 1. The van der Waals surface area contributed by atoms with Crippen molar-refractivity contribution in [2.24, 2.45) is 7.05 Å². The molecule has 1 saturated heterocycles. The Bertz CT molecular complexity index is 1020. The number of hydrogen-bond acceptors (Lipinski definition) is 5. The maximum Gasteiger partial charge on any atom is 0.272 e. The van der Waals surface area contributed by atoms with E-state index >= 15 is 0 Å². The lowest BCUT2D eigenvalue weighted by Crippen LogP contribution is -2.31. The van der Waals surface area contributed by atoms with Gasteiger partial charge in [-0.25, -0.2) is 8.42 Å². The summed E-state index contributed by atoms with van der Waals surface area (Å²) < 4.78 is 28.5. The van der Waals surface area contributed by atoms with Gasteiger partial charge in [0.25, 0.3) is 5.91 Å². The lowest BCUT2D eigenvalue weighted by molar-refractivity contribution is 0.101. The molecule has 3 rings (SSSR count). The average molecular weight is 465 g/mol. The van der Waals surface area contributed by atoms with Crippen molar-refractivity contribution >= 4 is 33.4 Å². The monoisotopic (exact) mass is 464 g/mol. The molecule has 0 spiro atoms. The molecule has 1 N–H and O–H groups in total. The summed E-state index contributed by atoms with van der Waals surface area (Å²) >= 11 is 2.00. The number of aryl methyl sites for hydroxylation is 2. The van der Waals surface area contributed by atoms with Gasteiger partial charge in [0.05, 0.1) is 0 Å². The topological polar surface area (TPSA) is 74.7 Å². The number of hydrogen-bond donors (Lipinski definition) is 1. The van der Waals surface area contributed by atoms with Crippen LogP contribution >= 0.6 is 11.8 Å². The van der Waals surface area contributed by atoms with Crippen LogP contribution < -0.4 is 5.32 Å². The molecular formula is C22H32N4O3S2. The van der Waals surface area contributed by atoms with Gasteiger partial charge >= 0.3 is 0 Å². The summed E-state index contributed by atoms with van der Waals surface area (Å²) in [5.74, 6) is 2.03. The van der Waals surface area contributed by atoms with Gasteiger partial charge < -0.3 is 9.88 Å². The van der Waals surface area contributed by atoms with Crippen molar-refractivity contribution < 1.29 is 13.2 Å². The van der Waals surface area contributed by atoms with Crippen molar-refractivity contribution in [1.29, 1.82) is 0 Å². The molecule has 0 saturated carbocycles. The number of nitrogens with one attached hydrogen (secondary N) is 1. The molecule has 0 bridgehead atoms. The first-order valence-electron chi connectivity index (χ1n) is 10.6. The van der Waals surface area contributed by atoms with E-state index < -0.39 is 10.0 Å². The fourth-order valence-electron chi connectivity index (χ4n) is 3.78. The first kappa shape index (κ1) is 23.8. The fraction of sp³-hybridized carbons (Fsp3) is 0.500. The highest BCUT2D eigenvalue weighted by molar-refractivity contribution is 7.99. The average Bonchev–Trinajstić information content (AvgIpc) is 3.14. The Morgan fingerprint density at radius 1 is 1.16 bits per heavy atom. The molecule has 1 amide bonds. The zero-order valence-electron chi connectivity index (χ0n) is 18.7. The molecule has 2 aromatic rings. The van der Waals surface area contributed by atoms with Gasteiger partial charge in [-0.3, -0.25) is 9.69 Å². The molecule has 9 heteroatoms. The van der Waals surface area contributed by atoms with Crippen molar-refractivity contribution in [2.45, 2.75) is 32.2 Å². The number of sulfonamides is 1. The predicted molar refractivity (Wildman–Crippen MR) is 127 cm³/mol. The Balaban J connectivity index is 1.73. The van der Waals surface area contributed by atoms with Crippen molar-refractivity contribution in [3.8, 4) is 0 Å². The maximum absolute atomic E-state index is 12.9. The van der Waals surface area contributed by atoms with Crippen LogP contribution in [0.3, 0.4) is 0 Å². The second kappa shape index (κ2) is 10.2. The SMILES string of the molecule is CCN(CC)S(=O)(=O)c1cc(C(=O)Nc2ccc(CN3CCSCC3)cc2C)n(C)c1. The third-order valence-corrected chi connectivity index (χ3v) is 8.56. The molecule has 1 aliphatic heterocycles. The van der Waals surface area contributed by atoms with Gasteiger partial charge in [0.1, 0.15) is 10.6 Å². The largest absolute Gasteiger partial charge is 0.345 e. The van der Waals surface area contributed by atoms with Crippen LogP contribution in [0.1, 0.15) is 35.5 Å². The van der Waals surface area contributed by atoms with Gasteiger partial charge in [-0.05, 0) is 30.2 Å². The number of thioether (sulfide) groups is 1. The fourth-order valence-corrected chi connectivity index (χ4v) is 6.29. The second-order valence-corrected chi connectivity index (χ2v) is 10.9. The third kappa shape index (κ3) is 5.52. The highest BCUT2D eigenvalue weighted by Crippen LogP contribution is 2.22. The number of anilines is 1. The van der Waals surface area contributed by atoms with Crippen LogP contribution in [-0.2, 0) is 23.6 Å². The van der Waals surface area contributed by atoms with Crippen LogP contribution in [-0.4, -0.2) is 65.8 Å². The zero-order valence-corrected chi connectivity index (χ0v) is 20.4. The summed E-state index contributed by atoms with van der Waals surface area (Å²) in [6, 6.07) is 7.53. The molecule has 1 aromatic heterocycles. The maximum atomic E-state index is 12.9. The molecule has 0 radical (unpaired) electrons. The van der Waals surface area contributed by atoms with Crippen LogP contribution in [0.4, 0.5) is 5.69 Å². The standard InChI is InChI=1S/C22H32N4O3S2/c1-5-26(6-2)31(28,29)19-14-21(24(4)16-19)22(27)23-20-8-7-18(13-17(20)3)15-25-9-11-30-12-10-25/h7-8,13-14,16H,5-6,9-12,15H2,1-4H3,(H,23,27). The molecule has 0 atom stereocenters. The molecular weight excluding hydrogens is 432 g/mol. The van der Waals surface area contributed by atoms with Gasteiger partial charge in [-0.15, -0.1) is 0 Å². The van der Waals surface area contributed by atoms with Gasteiger partial charge in [-0.1, -0.05) is 26.0 Å². The van der Waals surface area contributed by atoms with E-state index in [2.05, 4.69) is 16.3 Å². The van der Waals surface area contributed by atoms with E-state index in [1.807, 2.05) is 30.8 Å². The number of benzene rings is 1. The number of nitrogens with zero attached hydrogens (tertiary/aromatic N) is 3. The Morgan fingerprint density at radius 3 is 2.45 bits per heavy atom. The molecule has 1 aromatic carbocycles. The smallest absolute Gasteiger partial charge is 0.272 e. The van der Waals surface area contributed by atoms with Crippen molar-refractivity contribution in [3.05, 3.63) is 47.3 Å². The summed E-state index contributed by atoms with van der Waals surface area (Å²) in [5, 5.41) is 2.94. The van der Waals surface area contributed by atoms with E-state index in [0.717, 1.165) is 30.9 Å².